The van der Waals surface area contributed by atoms with Crippen molar-refractivity contribution in [3.63, 3.8) is 0 Å². The fourth-order valence-electron chi connectivity index (χ4n) is 3.19. The van der Waals surface area contributed by atoms with E-state index in [1.807, 2.05) is 18.7 Å². The van der Waals surface area contributed by atoms with Gasteiger partial charge in [0, 0.05) is 37.2 Å². The van der Waals surface area contributed by atoms with Crippen molar-refractivity contribution >= 4 is 21.8 Å². The Bertz CT molecular complexity index is 639. The number of hydrogen-bond donors (Lipinski definition) is 0. The molecule has 2 atom stereocenters. The van der Waals surface area contributed by atoms with Gasteiger partial charge in [0.25, 0.3) is 0 Å². The fraction of sp³-hybridized carbons (Fsp3) is 0.769. The van der Waals surface area contributed by atoms with Gasteiger partial charge in [-0.15, -0.1) is 0 Å². The standard InChI is InChI=1S/C13H21N3O3S2/c1-9-13(10(2)15(3)14-9)21(17,18)16-5-7-20-12-8-19-6-4-11(12)16/h11-12H,4-8H2,1-3H3/t11-,12-/m1/s1. The van der Waals surface area contributed by atoms with Gasteiger partial charge in [-0.2, -0.15) is 21.2 Å². The van der Waals surface area contributed by atoms with Crippen LogP contribution in [-0.4, -0.2) is 59.3 Å². The predicted octanol–water partition coefficient (Wildman–Crippen LogP) is 0.932. The Morgan fingerprint density at radius 3 is 2.81 bits per heavy atom. The summed E-state index contributed by atoms with van der Waals surface area (Å²) in [5, 5.41) is 4.51. The second-order valence-corrected chi connectivity index (χ2v) is 8.75. The number of rotatable bonds is 2. The van der Waals surface area contributed by atoms with Crippen LogP contribution in [0.4, 0.5) is 0 Å². The molecule has 0 aromatic carbocycles. The molecular weight excluding hydrogens is 310 g/mol. The normalized spacial score (nSPS) is 27.6. The van der Waals surface area contributed by atoms with Crippen molar-refractivity contribution in [3.05, 3.63) is 11.4 Å². The van der Waals surface area contributed by atoms with Crippen LogP contribution < -0.4 is 0 Å². The molecule has 118 valence electrons. The van der Waals surface area contributed by atoms with E-state index in [1.54, 1.807) is 23.0 Å². The van der Waals surface area contributed by atoms with Gasteiger partial charge in [0.1, 0.15) is 4.90 Å². The SMILES string of the molecule is Cc1nn(C)c(C)c1S(=O)(=O)N1CCS[C@@H]2COCC[C@H]21. The topological polar surface area (TPSA) is 64.4 Å². The van der Waals surface area contributed by atoms with Crippen LogP contribution in [0.15, 0.2) is 4.90 Å². The largest absolute Gasteiger partial charge is 0.380 e. The monoisotopic (exact) mass is 331 g/mol. The Labute approximate surface area is 129 Å². The molecule has 0 saturated carbocycles. The number of aromatic nitrogens is 2. The summed E-state index contributed by atoms with van der Waals surface area (Å²) in [6.07, 6.45) is 0.773. The van der Waals surface area contributed by atoms with Crippen molar-refractivity contribution in [1.29, 1.82) is 0 Å². The summed E-state index contributed by atoms with van der Waals surface area (Å²) in [6.45, 7) is 5.43. The maximum atomic E-state index is 13.1. The second kappa shape index (κ2) is 5.57. The van der Waals surface area contributed by atoms with Gasteiger partial charge in [-0.3, -0.25) is 4.68 Å². The lowest BCUT2D eigenvalue weighted by Gasteiger charge is -2.42. The first kappa shape index (κ1) is 15.3. The lowest BCUT2D eigenvalue weighted by Crippen LogP contribution is -2.54. The van der Waals surface area contributed by atoms with E-state index in [1.165, 1.54) is 0 Å². The summed E-state index contributed by atoms with van der Waals surface area (Å²) in [5.41, 5.74) is 1.28. The maximum Gasteiger partial charge on any atom is 0.247 e. The van der Waals surface area contributed by atoms with E-state index in [2.05, 4.69) is 5.10 Å². The van der Waals surface area contributed by atoms with Gasteiger partial charge in [-0.25, -0.2) is 8.42 Å². The first-order chi connectivity index (χ1) is 9.93. The molecule has 2 fully saturated rings. The van der Waals surface area contributed by atoms with Crippen molar-refractivity contribution in [3.8, 4) is 0 Å². The number of fused-ring (bicyclic) bond motifs is 1. The minimum atomic E-state index is -3.49. The Kier molecular flexibility index (Phi) is 4.06. The van der Waals surface area contributed by atoms with Crippen LogP contribution in [0.5, 0.6) is 0 Å². The number of hydrogen-bond acceptors (Lipinski definition) is 5. The Morgan fingerprint density at radius 2 is 2.14 bits per heavy atom. The minimum Gasteiger partial charge on any atom is -0.380 e. The van der Waals surface area contributed by atoms with Gasteiger partial charge in [0.15, 0.2) is 0 Å². The molecule has 0 spiro atoms. The molecule has 6 nitrogen and oxygen atoms in total. The van der Waals surface area contributed by atoms with Crippen molar-refractivity contribution in [2.75, 3.05) is 25.5 Å². The van der Waals surface area contributed by atoms with E-state index < -0.39 is 10.0 Å². The van der Waals surface area contributed by atoms with Crippen LogP contribution >= 0.6 is 11.8 Å². The van der Waals surface area contributed by atoms with Gasteiger partial charge in [-0.05, 0) is 20.3 Å². The van der Waals surface area contributed by atoms with Crippen molar-refractivity contribution in [2.45, 2.75) is 36.5 Å². The maximum absolute atomic E-state index is 13.1. The van der Waals surface area contributed by atoms with E-state index in [-0.39, 0.29) is 11.3 Å². The van der Waals surface area contributed by atoms with Crippen LogP contribution in [0.1, 0.15) is 17.8 Å². The van der Waals surface area contributed by atoms with Crippen LogP contribution in [-0.2, 0) is 21.8 Å². The number of thioether (sulfide) groups is 1. The van der Waals surface area contributed by atoms with Crippen molar-refractivity contribution < 1.29 is 13.2 Å². The molecule has 2 aliphatic rings. The average molecular weight is 331 g/mol. The Balaban J connectivity index is 2.00. The molecule has 1 aromatic heterocycles. The van der Waals surface area contributed by atoms with Gasteiger partial charge < -0.3 is 4.74 Å². The molecule has 3 rings (SSSR count). The van der Waals surface area contributed by atoms with Crippen molar-refractivity contribution in [1.82, 2.24) is 14.1 Å². The third-order valence-electron chi connectivity index (χ3n) is 4.29. The van der Waals surface area contributed by atoms with E-state index in [9.17, 15) is 8.42 Å². The van der Waals surface area contributed by atoms with Gasteiger partial charge in [0.05, 0.1) is 18.0 Å². The highest BCUT2D eigenvalue weighted by atomic mass is 32.2. The first-order valence-electron chi connectivity index (χ1n) is 7.14. The molecule has 0 aliphatic carbocycles. The Hall–Kier alpha value is -0.570. The summed E-state index contributed by atoms with van der Waals surface area (Å²) < 4.78 is 35.1. The first-order valence-corrected chi connectivity index (χ1v) is 9.63. The van der Waals surface area contributed by atoms with Gasteiger partial charge >= 0.3 is 0 Å². The zero-order chi connectivity index (χ0) is 15.2. The lowest BCUT2D eigenvalue weighted by molar-refractivity contribution is 0.0625. The molecule has 1 aromatic rings. The van der Waals surface area contributed by atoms with E-state index >= 15 is 0 Å². The molecule has 0 radical (unpaired) electrons. The average Bonchev–Trinajstić information content (AvgIpc) is 2.71. The molecule has 2 saturated heterocycles. The van der Waals surface area contributed by atoms with Crippen LogP contribution in [0, 0.1) is 13.8 Å². The van der Waals surface area contributed by atoms with E-state index in [0.29, 0.717) is 36.0 Å². The quantitative estimate of drug-likeness (QED) is 0.807. The van der Waals surface area contributed by atoms with Gasteiger partial charge in [0.2, 0.25) is 10.0 Å². The highest BCUT2D eigenvalue weighted by Crippen LogP contribution is 2.35. The lowest BCUT2D eigenvalue weighted by atomic mass is 10.1. The van der Waals surface area contributed by atoms with Crippen LogP contribution in [0.3, 0.4) is 0 Å². The summed E-state index contributed by atoms with van der Waals surface area (Å²) in [6, 6.07) is 0.0431. The second-order valence-electron chi connectivity index (χ2n) is 5.58. The summed E-state index contributed by atoms with van der Waals surface area (Å²) in [5.74, 6) is 0.822. The predicted molar refractivity (Wildman–Crippen MR) is 82.0 cm³/mol. The zero-order valence-electron chi connectivity index (χ0n) is 12.6. The molecule has 2 aliphatic heterocycles. The number of aryl methyl sites for hydroxylation is 2. The highest BCUT2D eigenvalue weighted by molar-refractivity contribution is 8.00. The zero-order valence-corrected chi connectivity index (χ0v) is 14.2. The van der Waals surface area contributed by atoms with Crippen molar-refractivity contribution in [2.24, 2.45) is 7.05 Å². The highest BCUT2D eigenvalue weighted by Gasteiger charge is 2.42. The summed E-state index contributed by atoms with van der Waals surface area (Å²) in [7, 11) is -1.71. The number of nitrogens with zero attached hydrogens (tertiary/aromatic N) is 3. The van der Waals surface area contributed by atoms with E-state index in [0.717, 1.165) is 12.2 Å². The molecular formula is C13H21N3O3S2. The molecule has 0 bridgehead atoms. The summed E-state index contributed by atoms with van der Waals surface area (Å²) in [4.78, 5) is 0.377. The summed E-state index contributed by atoms with van der Waals surface area (Å²) >= 11 is 1.82. The Morgan fingerprint density at radius 1 is 1.38 bits per heavy atom. The molecule has 21 heavy (non-hydrogen) atoms. The third-order valence-corrected chi connectivity index (χ3v) is 7.77. The molecule has 0 unspecified atom stereocenters. The minimum absolute atomic E-state index is 0.0431. The molecule has 0 amide bonds. The molecule has 0 N–H and O–H groups in total. The molecule has 3 heterocycles. The number of ether oxygens (including phenoxy) is 1. The third kappa shape index (κ3) is 2.52. The van der Waals surface area contributed by atoms with Crippen LogP contribution in [0.25, 0.3) is 0 Å². The fourth-order valence-corrected chi connectivity index (χ4v) is 6.78. The molecule has 8 heteroatoms. The van der Waals surface area contributed by atoms with Gasteiger partial charge in [-0.1, -0.05) is 0 Å². The van der Waals surface area contributed by atoms with E-state index in [4.69, 9.17) is 4.74 Å². The smallest absolute Gasteiger partial charge is 0.247 e. The van der Waals surface area contributed by atoms with Crippen LogP contribution in [0.2, 0.25) is 0 Å². The number of sulfonamides is 1.